The van der Waals surface area contributed by atoms with Gasteiger partial charge in [0.2, 0.25) is 0 Å². The van der Waals surface area contributed by atoms with Gasteiger partial charge in [-0.25, -0.2) is 0 Å². The third-order valence-electron chi connectivity index (χ3n) is 8.57. The highest BCUT2D eigenvalue weighted by atomic mass is 16.3. The highest BCUT2D eigenvalue weighted by molar-refractivity contribution is 5.08. The smallest absolute Gasteiger partial charge is 0.0624 e. The Hall–Kier alpha value is -0.0800. The predicted octanol–water partition coefficient (Wildman–Crippen LogP) is 4.39. The Morgan fingerprint density at radius 2 is 1.68 bits per heavy atom. The third-order valence-corrected chi connectivity index (χ3v) is 8.57. The second-order valence-electron chi connectivity index (χ2n) is 9.56. The molecule has 2 nitrogen and oxygen atoms in total. The molecule has 0 amide bonds. The zero-order chi connectivity index (χ0) is 16.2. The Bertz CT molecular complexity index is 422. The van der Waals surface area contributed by atoms with Gasteiger partial charge in [0.1, 0.15) is 0 Å². The van der Waals surface area contributed by atoms with E-state index in [0.29, 0.717) is 29.8 Å². The Labute approximate surface area is 136 Å². The van der Waals surface area contributed by atoms with Crippen LogP contribution in [0.15, 0.2) is 0 Å². The molecule has 0 aromatic heterocycles. The van der Waals surface area contributed by atoms with Crippen LogP contribution in [-0.4, -0.2) is 22.9 Å². The van der Waals surface area contributed by atoms with E-state index in [1.54, 1.807) is 0 Å². The molecule has 22 heavy (non-hydrogen) atoms. The summed E-state index contributed by atoms with van der Waals surface area (Å²) in [6.07, 6.45) is 9.49. The maximum atomic E-state index is 11.1. The van der Waals surface area contributed by atoms with E-state index in [1.807, 2.05) is 0 Å². The first-order valence-corrected chi connectivity index (χ1v) is 9.60. The molecule has 0 heterocycles. The SMILES string of the molecule is CC[C@@]1(C)CC[C@H]2[C@@H](CC[C@H]3[C@](C)(CO)CCC[C@]23C)[C@@H]1O. The van der Waals surface area contributed by atoms with Crippen molar-refractivity contribution in [2.24, 2.45) is 34.0 Å². The minimum absolute atomic E-state index is 0.106. The molecule has 3 saturated carbocycles. The van der Waals surface area contributed by atoms with Gasteiger partial charge >= 0.3 is 0 Å². The summed E-state index contributed by atoms with van der Waals surface area (Å²) >= 11 is 0. The van der Waals surface area contributed by atoms with Gasteiger partial charge in [-0.05, 0) is 78.9 Å². The topological polar surface area (TPSA) is 40.5 Å². The lowest BCUT2D eigenvalue weighted by Crippen LogP contribution is -2.59. The van der Waals surface area contributed by atoms with Gasteiger partial charge in [0.15, 0.2) is 0 Å². The molecule has 0 aromatic rings. The summed E-state index contributed by atoms with van der Waals surface area (Å²) in [7, 11) is 0. The van der Waals surface area contributed by atoms with Gasteiger partial charge in [0, 0.05) is 6.61 Å². The monoisotopic (exact) mass is 308 g/mol. The first kappa shape index (κ1) is 16.8. The van der Waals surface area contributed by atoms with Crippen LogP contribution in [0.4, 0.5) is 0 Å². The highest BCUT2D eigenvalue weighted by Crippen LogP contribution is 2.65. The minimum Gasteiger partial charge on any atom is -0.396 e. The average molecular weight is 309 g/mol. The van der Waals surface area contributed by atoms with E-state index in [9.17, 15) is 10.2 Å². The molecule has 3 rings (SSSR count). The molecular weight excluding hydrogens is 272 g/mol. The van der Waals surface area contributed by atoms with E-state index < -0.39 is 0 Å². The van der Waals surface area contributed by atoms with Crippen LogP contribution in [0, 0.1) is 34.0 Å². The van der Waals surface area contributed by atoms with E-state index in [2.05, 4.69) is 27.7 Å². The fourth-order valence-electron chi connectivity index (χ4n) is 6.84. The largest absolute Gasteiger partial charge is 0.396 e. The fraction of sp³-hybridized carbons (Fsp3) is 1.00. The number of aliphatic hydroxyl groups excluding tert-OH is 2. The lowest BCUT2D eigenvalue weighted by atomic mass is 9.42. The Balaban J connectivity index is 1.90. The van der Waals surface area contributed by atoms with Crippen LogP contribution in [0.2, 0.25) is 0 Å². The molecule has 2 heteroatoms. The first-order valence-electron chi connectivity index (χ1n) is 9.60. The summed E-state index contributed by atoms with van der Waals surface area (Å²) in [5.41, 5.74) is 0.558. The van der Waals surface area contributed by atoms with Crippen LogP contribution < -0.4 is 0 Å². The van der Waals surface area contributed by atoms with Gasteiger partial charge in [-0.1, -0.05) is 34.1 Å². The maximum absolute atomic E-state index is 11.1. The summed E-state index contributed by atoms with van der Waals surface area (Å²) in [5, 5.41) is 21.1. The van der Waals surface area contributed by atoms with Crippen LogP contribution in [0.3, 0.4) is 0 Å². The van der Waals surface area contributed by atoms with Gasteiger partial charge in [0.25, 0.3) is 0 Å². The van der Waals surface area contributed by atoms with Gasteiger partial charge in [-0.2, -0.15) is 0 Å². The summed E-state index contributed by atoms with van der Waals surface area (Å²) in [6.45, 7) is 9.66. The molecule has 0 unspecified atom stereocenters. The number of rotatable bonds is 2. The van der Waals surface area contributed by atoms with E-state index >= 15 is 0 Å². The lowest BCUT2D eigenvalue weighted by molar-refractivity contribution is -0.178. The molecule has 3 fully saturated rings. The van der Waals surface area contributed by atoms with E-state index in [0.717, 1.165) is 12.8 Å². The Morgan fingerprint density at radius 3 is 2.32 bits per heavy atom. The summed E-state index contributed by atoms with van der Waals surface area (Å²) in [4.78, 5) is 0. The predicted molar refractivity (Wildman–Crippen MR) is 90.5 cm³/mol. The Kier molecular flexibility index (Phi) is 4.18. The van der Waals surface area contributed by atoms with Crippen LogP contribution in [0.5, 0.6) is 0 Å². The zero-order valence-corrected chi connectivity index (χ0v) is 15.1. The zero-order valence-electron chi connectivity index (χ0n) is 15.1. The molecule has 0 bridgehead atoms. The first-order chi connectivity index (χ1) is 10.3. The molecule has 128 valence electrons. The number of hydrogen-bond acceptors (Lipinski definition) is 2. The van der Waals surface area contributed by atoms with Crippen molar-refractivity contribution in [1.29, 1.82) is 0 Å². The lowest BCUT2D eigenvalue weighted by Gasteiger charge is -2.63. The van der Waals surface area contributed by atoms with Crippen molar-refractivity contribution in [2.45, 2.75) is 85.2 Å². The third kappa shape index (κ3) is 2.20. The maximum Gasteiger partial charge on any atom is 0.0624 e. The van der Waals surface area contributed by atoms with Crippen LogP contribution in [0.1, 0.15) is 79.1 Å². The summed E-state index contributed by atoms with van der Waals surface area (Å²) in [5.74, 6) is 1.78. The molecule has 0 aliphatic heterocycles. The molecule has 0 aromatic carbocycles. The van der Waals surface area contributed by atoms with Crippen molar-refractivity contribution in [3.63, 3.8) is 0 Å². The molecule has 3 aliphatic rings. The summed E-state index contributed by atoms with van der Waals surface area (Å²) in [6, 6.07) is 0. The number of fused-ring (bicyclic) bond motifs is 3. The second kappa shape index (κ2) is 5.48. The quantitative estimate of drug-likeness (QED) is 0.794. The van der Waals surface area contributed by atoms with Gasteiger partial charge < -0.3 is 10.2 Å². The van der Waals surface area contributed by atoms with E-state index in [4.69, 9.17) is 0 Å². The van der Waals surface area contributed by atoms with Gasteiger partial charge in [-0.3, -0.25) is 0 Å². The molecule has 0 spiro atoms. The highest BCUT2D eigenvalue weighted by Gasteiger charge is 2.59. The van der Waals surface area contributed by atoms with Crippen LogP contribution >= 0.6 is 0 Å². The van der Waals surface area contributed by atoms with Crippen molar-refractivity contribution in [3.8, 4) is 0 Å². The molecule has 3 aliphatic carbocycles. The van der Waals surface area contributed by atoms with Gasteiger partial charge in [0.05, 0.1) is 6.10 Å². The normalized spacial score (nSPS) is 55.4. The fourth-order valence-corrected chi connectivity index (χ4v) is 6.84. The Morgan fingerprint density at radius 1 is 0.955 bits per heavy atom. The van der Waals surface area contributed by atoms with Crippen molar-refractivity contribution < 1.29 is 10.2 Å². The molecule has 2 N–H and O–H groups in total. The van der Waals surface area contributed by atoms with Crippen LogP contribution in [0.25, 0.3) is 0 Å². The standard InChI is InChI=1S/C20H36O2/c1-5-18(2)12-9-15-14(17(18)22)7-8-16-19(3,13-21)10-6-11-20(15,16)4/h14-17,21-22H,5-13H2,1-4H3/t14-,15+,16+,17+,18+,19+,20-/m1/s1. The van der Waals surface area contributed by atoms with Crippen molar-refractivity contribution in [2.75, 3.05) is 6.61 Å². The van der Waals surface area contributed by atoms with Crippen LogP contribution in [-0.2, 0) is 0 Å². The second-order valence-corrected chi connectivity index (χ2v) is 9.56. The number of aliphatic hydroxyl groups is 2. The minimum atomic E-state index is -0.128. The summed E-state index contributed by atoms with van der Waals surface area (Å²) < 4.78 is 0. The van der Waals surface area contributed by atoms with Crippen molar-refractivity contribution >= 4 is 0 Å². The molecule has 7 atom stereocenters. The van der Waals surface area contributed by atoms with E-state index in [-0.39, 0.29) is 16.9 Å². The van der Waals surface area contributed by atoms with Crippen molar-refractivity contribution in [3.05, 3.63) is 0 Å². The van der Waals surface area contributed by atoms with Crippen molar-refractivity contribution in [1.82, 2.24) is 0 Å². The molecular formula is C20H36O2. The number of hydrogen-bond donors (Lipinski definition) is 2. The van der Waals surface area contributed by atoms with Gasteiger partial charge in [-0.15, -0.1) is 0 Å². The average Bonchev–Trinajstić information content (AvgIpc) is 2.51. The van der Waals surface area contributed by atoms with E-state index in [1.165, 1.54) is 38.5 Å². The molecule has 0 radical (unpaired) electrons. The molecule has 0 saturated heterocycles.